The third kappa shape index (κ3) is 4.62. The highest BCUT2D eigenvalue weighted by Crippen LogP contribution is 2.45. The largest absolute Gasteiger partial charge is 0.505 e. The maximum atomic E-state index is 13.8. The van der Waals surface area contributed by atoms with E-state index in [0.717, 1.165) is 26.9 Å². The number of aromatic nitrogens is 3. The molecule has 1 atom stereocenters. The number of ketones is 1. The van der Waals surface area contributed by atoms with E-state index < -0.39 is 17.7 Å². The van der Waals surface area contributed by atoms with Gasteiger partial charge in [-0.1, -0.05) is 65.9 Å². The van der Waals surface area contributed by atoms with Crippen LogP contribution in [0.15, 0.2) is 96.7 Å². The molecule has 1 N–H and O–H groups in total. The van der Waals surface area contributed by atoms with Crippen LogP contribution < -0.4 is 9.64 Å². The number of thiazole rings is 1. The van der Waals surface area contributed by atoms with Crippen LogP contribution in [-0.4, -0.2) is 31.2 Å². The number of carbonyl (C=O) groups excluding carboxylic acids is 2. The third-order valence-electron chi connectivity index (χ3n) is 7.84. The summed E-state index contributed by atoms with van der Waals surface area (Å²) in [6.07, 6.45) is 1.77. The van der Waals surface area contributed by atoms with Crippen LogP contribution in [0.25, 0.3) is 21.6 Å². The number of ether oxygens (including phenoxy) is 1. The number of amides is 1. The van der Waals surface area contributed by atoms with E-state index in [1.54, 1.807) is 17.5 Å². The van der Waals surface area contributed by atoms with Crippen molar-refractivity contribution in [2.24, 2.45) is 0 Å². The molecule has 1 aliphatic rings. The molecule has 1 saturated heterocycles. The molecular weight excluding hydrogens is 572 g/mol. The molecule has 9 heteroatoms. The van der Waals surface area contributed by atoms with Crippen molar-refractivity contribution in [3.8, 4) is 5.75 Å². The first kappa shape index (κ1) is 27.5. The van der Waals surface area contributed by atoms with Gasteiger partial charge in [0.25, 0.3) is 5.78 Å². The Labute approximate surface area is 257 Å². The monoisotopic (exact) mass is 600 g/mol. The summed E-state index contributed by atoms with van der Waals surface area (Å²) in [6.45, 7) is 6.16. The molecule has 7 rings (SSSR count). The van der Waals surface area contributed by atoms with Crippen molar-refractivity contribution in [3.05, 3.63) is 130 Å². The average Bonchev–Trinajstić information content (AvgIpc) is 3.67. The second-order valence-electron chi connectivity index (χ2n) is 10.9. The van der Waals surface area contributed by atoms with Gasteiger partial charge in [-0.15, -0.1) is 0 Å². The molecule has 4 heterocycles. The Hall–Kier alpha value is -5.28. The van der Waals surface area contributed by atoms with Crippen LogP contribution in [0.2, 0.25) is 0 Å². The van der Waals surface area contributed by atoms with Gasteiger partial charge in [0.15, 0.2) is 10.9 Å². The molecule has 1 fully saturated rings. The van der Waals surface area contributed by atoms with Gasteiger partial charge >= 0.3 is 5.91 Å². The number of anilines is 1. The quantitative estimate of drug-likeness (QED) is 0.125. The van der Waals surface area contributed by atoms with Crippen molar-refractivity contribution >= 4 is 49.8 Å². The van der Waals surface area contributed by atoms with E-state index in [1.165, 1.54) is 16.2 Å². The highest BCUT2D eigenvalue weighted by atomic mass is 32.1. The van der Waals surface area contributed by atoms with Crippen molar-refractivity contribution in [2.75, 3.05) is 4.90 Å². The number of benzene rings is 3. The minimum Gasteiger partial charge on any atom is -0.505 e. The van der Waals surface area contributed by atoms with Gasteiger partial charge in [-0.3, -0.25) is 18.9 Å². The predicted molar refractivity (Wildman–Crippen MR) is 171 cm³/mol. The molecule has 0 saturated carbocycles. The minimum atomic E-state index is -0.922. The van der Waals surface area contributed by atoms with Crippen LogP contribution in [0.5, 0.6) is 5.75 Å². The number of Topliss-reactive ketones (excluding diaryl/α,β-unsaturated/α-hetero) is 1. The number of aliphatic hydroxyl groups is 1. The number of carbonyl (C=O) groups is 2. The van der Waals surface area contributed by atoms with Gasteiger partial charge in [-0.05, 0) is 73.4 Å². The Morgan fingerprint density at radius 1 is 0.932 bits per heavy atom. The summed E-state index contributed by atoms with van der Waals surface area (Å²) in [4.78, 5) is 38.5. The van der Waals surface area contributed by atoms with E-state index >= 15 is 0 Å². The third-order valence-corrected chi connectivity index (χ3v) is 8.84. The number of nitrogens with zero attached hydrogens (tertiary/aromatic N) is 4. The molecule has 3 aromatic carbocycles. The molecule has 8 nitrogen and oxygen atoms in total. The lowest BCUT2D eigenvalue weighted by Gasteiger charge is -2.23. The molecule has 44 heavy (non-hydrogen) atoms. The first-order valence-corrected chi connectivity index (χ1v) is 15.0. The summed E-state index contributed by atoms with van der Waals surface area (Å²) < 4.78 is 8.63. The fraction of sp³-hybridized carbons (Fsp3) is 0.143. The number of imidazole rings is 1. The number of aryl methyl sites for hydroxylation is 3. The Kier molecular flexibility index (Phi) is 6.74. The highest BCUT2D eigenvalue weighted by Gasteiger charge is 2.48. The maximum absolute atomic E-state index is 13.8. The topological polar surface area (TPSA) is 97.0 Å². The SMILES string of the molecule is Cc1cc(C)c2nc(N3C(=O)C(=O)/C(=C(/O)c4c(C)nc5ccccn45)C3c3ccc(OCc4ccccc4)cc3)sc2c1. The Balaban J connectivity index is 1.37. The molecule has 1 unspecified atom stereocenters. The lowest BCUT2D eigenvalue weighted by atomic mass is 9.96. The molecule has 0 spiro atoms. The zero-order chi connectivity index (χ0) is 30.5. The average molecular weight is 601 g/mol. The van der Waals surface area contributed by atoms with E-state index in [0.29, 0.717) is 40.1 Å². The van der Waals surface area contributed by atoms with Gasteiger partial charge in [0.2, 0.25) is 0 Å². The van der Waals surface area contributed by atoms with Crippen LogP contribution >= 0.6 is 11.3 Å². The summed E-state index contributed by atoms with van der Waals surface area (Å²) in [5.74, 6) is -1.18. The smallest absolute Gasteiger partial charge is 0.301 e. The van der Waals surface area contributed by atoms with Crippen LogP contribution in [0.4, 0.5) is 5.13 Å². The van der Waals surface area contributed by atoms with E-state index in [4.69, 9.17) is 9.72 Å². The number of rotatable bonds is 6. The lowest BCUT2D eigenvalue weighted by Crippen LogP contribution is -2.29. The summed E-state index contributed by atoms with van der Waals surface area (Å²) in [5, 5.41) is 12.2. The van der Waals surface area contributed by atoms with Gasteiger partial charge in [-0.25, -0.2) is 9.97 Å². The Morgan fingerprint density at radius 2 is 1.68 bits per heavy atom. The summed E-state index contributed by atoms with van der Waals surface area (Å²) in [7, 11) is 0. The molecule has 0 aliphatic carbocycles. The van der Waals surface area contributed by atoms with Crippen LogP contribution in [0.3, 0.4) is 0 Å². The number of fused-ring (bicyclic) bond motifs is 2. The maximum Gasteiger partial charge on any atom is 0.301 e. The van der Waals surface area contributed by atoms with Gasteiger partial charge in [0.1, 0.15) is 23.7 Å². The first-order chi connectivity index (χ1) is 21.3. The highest BCUT2D eigenvalue weighted by molar-refractivity contribution is 7.22. The van der Waals surface area contributed by atoms with Crippen molar-refractivity contribution in [3.63, 3.8) is 0 Å². The Morgan fingerprint density at radius 3 is 2.45 bits per heavy atom. The van der Waals surface area contributed by atoms with Gasteiger partial charge in [-0.2, -0.15) is 0 Å². The summed E-state index contributed by atoms with van der Waals surface area (Å²) in [6, 6.07) is 25.7. The Bertz CT molecular complexity index is 2110. The molecule has 1 aliphatic heterocycles. The lowest BCUT2D eigenvalue weighted by molar-refractivity contribution is -0.132. The zero-order valence-electron chi connectivity index (χ0n) is 24.3. The van der Waals surface area contributed by atoms with E-state index in [-0.39, 0.29) is 11.3 Å². The van der Waals surface area contributed by atoms with Gasteiger partial charge < -0.3 is 9.84 Å². The van der Waals surface area contributed by atoms with Crippen molar-refractivity contribution < 1.29 is 19.4 Å². The molecule has 3 aromatic heterocycles. The fourth-order valence-corrected chi connectivity index (χ4v) is 6.99. The van der Waals surface area contributed by atoms with Crippen LogP contribution in [0.1, 0.15) is 39.7 Å². The van der Waals surface area contributed by atoms with Gasteiger partial charge in [0.05, 0.1) is 27.5 Å². The van der Waals surface area contributed by atoms with E-state index in [9.17, 15) is 14.7 Å². The van der Waals surface area contributed by atoms with Gasteiger partial charge in [0, 0.05) is 6.20 Å². The van der Waals surface area contributed by atoms with Crippen molar-refractivity contribution in [1.82, 2.24) is 14.4 Å². The van der Waals surface area contributed by atoms with Crippen molar-refractivity contribution in [1.29, 1.82) is 0 Å². The first-order valence-electron chi connectivity index (χ1n) is 14.2. The molecule has 1 amide bonds. The molecule has 6 aromatic rings. The van der Waals surface area contributed by atoms with E-state index in [2.05, 4.69) is 4.98 Å². The summed E-state index contributed by atoms with van der Waals surface area (Å²) >= 11 is 1.35. The minimum absolute atomic E-state index is 0.0196. The second-order valence-corrected chi connectivity index (χ2v) is 11.9. The molecular formula is C35H28N4O4S. The molecule has 218 valence electrons. The van der Waals surface area contributed by atoms with Crippen LogP contribution in [0, 0.1) is 20.8 Å². The number of hydrogen-bond acceptors (Lipinski definition) is 7. The van der Waals surface area contributed by atoms with Crippen LogP contribution in [-0.2, 0) is 16.2 Å². The normalized spacial score (nSPS) is 16.3. The number of pyridine rings is 1. The standard InChI is InChI=1S/C35H28N4O4S/c1-20-17-21(2)29-26(18-20)44-35(37-29)39-31(24-12-14-25(15-13-24)43-19-23-9-5-4-6-10-23)28(33(41)34(39)42)32(40)30-22(3)36-27-11-7-8-16-38(27)30/h4-18,31,40H,19H2,1-3H3/b32-28+. The fourth-order valence-electron chi connectivity index (χ4n) is 5.82. The number of hydrogen-bond donors (Lipinski definition) is 1. The summed E-state index contributed by atoms with van der Waals surface area (Å²) in [5.41, 5.74) is 6.01. The molecule has 0 radical (unpaired) electrons. The predicted octanol–water partition coefficient (Wildman–Crippen LogP) is 7.07. The molecule has 0 bridgehead atoms. The van der Waals surface area contributed by atoms with Crippen molar-refractivity contribution in [2.45, 2.75) is 33.4 Å². The zero-order valence-corrected chi connectivity index (χ0v) is 25.1. The second kappa shape index (κ2) is 10.8. The number of aliphatic hydroxyl groups excluding tert-OH is 1. The van der Waals surface area contributed by atoms with E-state index in [1.807, 2.05) is 98.8 Å².